The molecule has 0 radical (unpaired) electrons. The normalized spacial score (nSPS) is 12.5. The molecule has 0 spiro atoms. The maximum absolute atomic E-state index is 11.0. The lowest BCUT2D eigenvalue weighted by Crippen LogP contribution is -2.25. The van der Waals surface area contributed by atoms with Crippen molar-refractivity contribution in [3.05, 3.63) is 18.4 Å². The van der Waals surface area contributed by atoms with Gasteiger partial charge in [-0.05, 0) is 17.3 Å². The first kappa shape index (κ1) is 11.3. The monoisotopic (exact) mass is 238 g/mol. The zero-order valence-electron chi connectivity index (χ0n) is 8.98. The van der Waals surface area contributed by atoms with E-state index in [9.17, 15) is 4.79 Å². The Kier molecular flexibility index (Phi) is 3.15. The van der Waals surface area contributed by atoms with Gasteiger partial charge in [-0.1, -0.05) is 0 Å². The van der Waals surface area contributed by atoms with Gasteiger partial charge in [0.1, 0.15) is 0 Å². The summed E-state index contributed by atoms with van der Waals surface area (Å²) in [6.45, 7) is -0.0384. The predicted octanol–water partition coefficient (Wildman–Crippen LogP) is 0.205. The molecule has 0 amide bonds. The second-order valence-corrected chi connectivity index (χ2v) is 3.22. The minimum Gasteiger partial charge on any atom is -0.480 e. The molecule has 90 valence electrons. The molecule has 0 bridgehead atoms. The van der Waals surface area contributed by atoms with Gasteiger partial charge in [0, 0.05) is 7.11 Å². The highest BCUT2D eigenvalue weighted by Crippen LogP contribution is 2.14. The van der Waals surface area contributed by atoms with E-state index >= 15 is 0 Å². The summed E-state index contributed by atoms with van der Waals surface area (Å²) in [6.07, 6.45) is 1.47. The molecule has 2 heterocycles. The van der Waals surface area contributed by atoms with Crippen molar-refractivity contribution in [1.29, 1.82) is 0 Å². The molecule has 1 N–H and O–H groups in total. The van der Waals surface area contributed by atoms with Crippen LogP contribution in [0.25, 0.3) is 11.6 Å². The van der Waals surface area contributed by atoms with Gasteiger partial charge in [-0.3, -0.25) is 0 Å². The highest BCUT2D eigenvalue weighted by molar-refractivity contribution is 5.71. The Morgan fingerprint density at radius 3 is 3.12 bits per heavy atom. The van der Waals surface area contributed by atoms with Gasteiger partial charge in [0.25, 0.3) is 0 Å². The molecule has 0 aliphatic carbocycles. The van der Waals surface area contributed by atoms with Crippen LogP contribution in [-0.4, -0.2) is 45.0 Å². The van der Waals surface area contributed by atoms with Crippen LogP contribution in [0.5, 0.6) is 0 Å². The molecule has 0 saturated carbocycles. The molecule has 2 rings (SSSR count). The third-order valence-electron chi connectivity index (χ3n) is 2.06. The maximum atomic E-state index is 11.0. The third-order valence-corrected chi connectivity index (χ3v) is 2.06. The van der Waals surface area contributed by atoms with Gasteiger partial charge in [0.15, 0.2) is 11.8 Å². The fourth-order valence-corrected chi connectivity index (χ4v) is 1.26. The summed E-state index contributed by atoms with van der Waals surface area (Å²) >= 11 is 0. The number of carboxylic acid groups (broad SMARTS) is 1. The molecule has 0 fully saturated rings. The van der Waals surface area contributed by atoms with E-state index in [1.165, 1.54) is 13.4 Å². The SMILES string of the molecule is COCC(C(=O)O)n1nnc(-c2ccco2)n1. The average molecular weight is 238 g/mol. The van der Waals surface area contributed by atoms with Crippen LogP contribution in [0.1, 0.15) is 6.04 Å². The largest absolute Gasteiger partial charge is 0.480 e. The lowest BCUT2D eigenvalue weighted by molar-refractivity contribution is -0.143. The summed E-state index contributed by atoms with van der Waals surface area (Å²) < 4.78 is 9.86. The highest BCUT2D eigenvalue weighted by Gasteiger charge is 2.23. The molecular formula is C9H10N4O4. The molecule has 8 heteroatoms. The van der Waals surface area contributed by atoms with E-state index < -0.39 is 12.0 Å². The Morgan fingerprint density at radius 1 is 1.71 bits per heavy atom. The molecule has 0 aliphatic rings. The summed E-state index contributed by atoms with van der Waals surface area (Å²) in [4.78, 5) is 11.9. The Labute approximate surface area is 95.8 Å². The lowest BCUT2D eigenvalue weighted by atomic mass is 10.3. The number of hydrogen-bond acceptors (Lipinski definition) is 6. The van der Waals surface area contributed by atoms with E-state index in [1.54, 1.807) is 12.1 Å². The van der Waals surface area contributed by atoms with Crippen LogP contribution in [0.2, 0.25) is 0 Å². The summed E-state index contributed by atoms with van der Waals surface area (Å²) in [5, 5.41) is 20.3. The van der Waals surface area contributed by atoms with Gasteiger partial charge < -0.3 is 14.3 Å². The van der Waals surface area contributed by atoms with E-state index in [0.717, 1.165) is 4.80 Å². The van der Waals surface area contributed by atoms with Crippen LogP contribution < -0.4 is 0 Å². The van der Waals surface area contributed by atoms with Crippen molar-refractivity contribution < 1.29 is 19.1 Å². The molecule has 0 aromatic carbocycles. The van der Waals surface area contributed by atoms with Crippen LogP contribution >= 0.6 is 0 Å². The predicted molar refractivity (Wildman–Crippen MR) is 54.1 cm³/mol. The second-order valence-electron chi connectivity index (χ2n) is 3.22. The van der Waals surface area contributed by atoms with Gasteiger partial charge in [-0.2, -0.15) is 0 Å². The summed E-state index contributed by atoms with van der Waals surface area (Å²) in [7, 11) is 1.40. The van der Waals surface area contributed by atoms with E-state index in [2.05, 4.69) is 15.4 Å². The van der Waals surface area contributed by atoms with Crippen molar-refractivity contribution in [1.82, 2.24) is 20.2 Å². The van der Waals surface area contributed by atoms with Gasteiger partial charge in [-0.15, -0.1) is 15.0 Å². The first-order valence-electron chi connectivity index (χ1n) is 4.77. The van der Waals surface area contributed by atoms with Gasteiger partial charge >= 0.3 is 5.97 Å². The Hall–Kier alpha value is -2.22. The van der Waals surface area contributed by atoms with Crippen LogP contribution in [0, 0.1) is 0 Å². The number of carboxylic acids is 1. The number of hydrogen-bond donors (Lipinski definition) is 1. The molecule has 2 aromatic heterocycles. The number of methoxy groups -OCH3 is 1. The number of tetrazole rings is 1. The van der Waals surface area contributed by atoms with Crippen molar-refractivity contribution in [2.45, 2.75) is 6.04 Å². The standard InChI is InChI=1S/C9H10N4O4/c1-16-5-6(9(14)15)13-11-8(10-12-13)7-3-2-4-17-7/h2-4,6H,5H2,1H3,(H,14,15). The molecule has 17 heavy (non-hydrogen) atoms. The Bertz CT molecular complexity index is 493. The molecule has 0 aliphatic heterocycles. The van der Waals surface area contributed by atoms with E-state index in [-0.39, 0.29) is 12.4 Å². The molecule has 1 atom stereocenters. The number of ether oxygens (including phenoxy) is 1. The molecule has 2 aromatic rings. The molecule has 8 nitrogen and oxygen atoms in total. The van der Waals surface area contributed by atoms with E-state index in [0.29, 0.717) is 5.76 Å². The van der Waals surface area contributed by atoms with Crippen molar-refractivity contribution in [2.75, 3.05) is 13.7 Å². The minimum atomic E-state index is -1.09. The number of carbonyl (C=O) groups is 1. The summed E-state index contributed by atoms with van der Waals surface area (Å²) in [5.41, 5.74) is 0. The zero-order valence-corrected chi connectivity index (χ0v) is 8.98. The van der Waals surface area contributed by atoms with Crippen molar-refractivity contribution >= 4 is 5.97 Å². The number of nitrogens with zero attached hydrogens (tertiary/aromatic N) is 4. The smallest absolute Gasteiger partial charge is 0.332 e. The van der Waals surface area contributed by atoms with Crippen LogP contribution in [-0.2, 0) is 9.53 Å². The maximum Gasteiger partial charge on any atom is 0.332 e. The van der Waals surface area contributed by atoms with Crippen LogP contribution in [0.15, 0.2) is 22.8 Å². The van der Waals surface area contributed by atoms with Crippen LogP contribution in [0.4, 0.5) is 0 Å². The number of furan rings is 1. The first-order valence-corrected chi connectivity index (χ1v) is 4.77. The number of aromatic nitrogens is 4. The quantitative estimate of drug-likeness (QED) is 0.793. The van der Waals surface area contributed by atoms with Gasteiger partial charge in [0.2, 0.25) is 5.82 Å². The topological polar surface area (TPSA) is 103 Å². The van der Waals surface area contributed by atoms with Gasteiger partial charge in [0.05, 0.1) is 12.9 Å². The third kappa shape index (κ3) is 2.31. The number of rotatable bonds is 5. The van der Waals surface area contributed by atoms with Crippen molar-refractivity contribution in [3.8, 4) is 11.6 Å². The highest BCUT2D eigenvalue weighted by atomic mass is 16.5. The zero-order chi connectivity index (χ0) is 12.3. The first-order chi connectivity index (χ1) is 8.22. The fourth-order valence-electron chi connectivity index (χ4n) is 1.26. The molecule has 0 saturated heterocycles. The van der Waals surface area contributed by atoms with E-state index in [1.807, 2.05) is 0 Å². The van der Waals surface area contributed by atoms with Crippen LogP contribution in [0.3, 0.4) is 0 Å². The van der Waals surface area contributed by atoms with Gasteiger partial charge in [-0.25, -0.2) is 4.79 Å². The fraction of sp³-hybridized carbons (Fsp3) is 0.333. The summed E-state index contributed by atoms with van der Waals surface area (Å²) in [6, 6.07) is 2.34. The molecule has 1 unspecified atom stereocenters. The van der Waals surface area contributed by atoms with Crippen molar-refractivity contribution in [2.24, 2.45) is 0 Å². The summed E-state index contributed by atoms with van der Waals surface area (Å²) in [5.74, 6) is -0.426. The average Bonchev–Trinajstić information content (AvgIpc) is 2.95. The second kappa shape index (κ2) is 4.74. The van der Waals surface area contributed by atoms with Crippen molar-refractivity contribution in [3.63, 3.8) is 0 Å². The number of aliphatic carboxylic acids is 1. The molecular weight excluding hydrogens is 228 g/mol. The van der Waals surface area contributed by atoms with E-state index in [4.69, 9.17) is 14.3 Å². The lowest BCUT2D eigenvalue weighted by Gasteiger charge is -2.08. The Balaban J connectivity index is 2.25. The Morgan fingerprint density at radius 2 is 2.53 bits per heavy atom. The minimum absolute atomic E-state index is 0.0384.